The highest BCUT2D eigenvalue weighted by molar-refractivity contribution is 5.92. The molecule has 15 heavy (non-hydrogen) atoms. The molecule has 88 valence electrons. The molecule has 0 bridgehead atoms. The summed E-state index contributed by atoms with van der Waals surface area (Å²) in [6.45, 7) is 8.21. The van der Waals surface area contributed by atoms with Crippen molar-refractivity contribution in [2.75, 3.05) is 6.54 Å². The smallest absolute Gasteiger partial charge is 0.246 e. The number of carbonyl (C=O) groups is 1. The molecule has 1 unspecified atom stereocenters. The molecule has 0 aliphatic carbocycles. The molecule has 0 aromatic rings. The standard InChI is InChI=1S/C12H23NO2/c1-5-6-10(4)12(15)13-8-11(14)7-9(2)3/h6,9,11,14H,5,7-8H2,1-4H3,(H,13,15)/b10-6-. The lowest BCUT2D eigenvalue weighted by Gasteiger charge is -2.13. The molecule has 0 aromatic carbocycles. The maximum atomic E-state index is 11.4. The third kappa shape index (κ3) is 7.14. The summed E-state index contributed by atoms with van der Waals surface area (Å²) >= 11 is 0. The molecule has 2 N–H and O–H groups in total. The second-order valence-corrected chi connectivity index (χ2v) is 4.29. The summed E-state index contributed by atoms with van der Waals surface area (Å²) in [5.41, 5.74) is 0.717. The number of carbonyl (C=O) groups excluding carboxylic acids is 1. The minimum absolute atomic E-state index is 0.0837. The van der Waals surface area contributed by atoms with Crippen LogP contribution < -0.4 is 5.32 Å². The average molecular weight is 213 g/mol. The molecule has 0 aromatic heterocycles. The fourth-order valence-corrected chi connectivity index (χ4v) is 1.38. The summed E-state index contributed by atoms with van der Waals surface area (Å²) in [5, 5.41) is 12.3. The molecule has 0 heterocycles. The Kier molecular flexibility index (Phi) is 7.05. The number of nitrogens with one attached hydrogen (secondary N) is 1. The van der Waals surface area contributed by atoms with Crippen LogP contribution in [-0.4, -0.2) is 23.7 Å². The van der Waals surface area contributed by atoms with Gasteiger partial charge >= 0.3 is 0 Å². The maximum Gasteiger partial charge on any atom is 0.246 e. The van der Waals surface area contributed by atoms with Crippen molar-refractivity contribution in [3.8, 4) is 0 Å². The second kappa shape index (κ2) is 7.46. The van der Waals surface area contributed by atoms with Crippen molar-refractivity contribution in [3.63, 3.8) is 0 Å². The minimum atomic E-state index is -0.441. The Labute approximate surface area is 92.6 Å². The van der Waals surface area contributed by atoms with E-state index in [4.69, 9.17) is 0 Å². The first-order chi connectivity index (χ1) is 6.97. The van der Waals surface area contributed by atoms with E-state index in [0.29, 0.717) is 18.0 Å². The summed E-state index contributed by atoms with van der Waals surface area (Å²) in [7, 11) is 0. The molecular formula is C12H23NO2. The normalized spacial score (nSPS) is 14.1. The van der Waals surface area contributed by atoms with E-state index in [2.05, 4.69) is 5.32 Å². The number of aliphatic hydroxyl groups excluding tert-OH is 1. The van der Waals surface area contributed by atoms with Crippen LogP contribution in [0, 0.1) is 5.92 Å². The molecule has 0 rings (SSSR count). The van der Waals surface area contributed by atoms with Crippen LogP contribution in [-0.2, 0) is 4.79 Å². The van der Waals surface area contributed by atoms with E-state index in [1.165, 1.54) is 0 Å². The number of aliphatic hydroxyl groups is 1. The van der Waals surface area contributed by atoms with Gasteiger partial charge in [-0.15, -0.1) is 0 Å². The lowest BCUT2D eigenvalue weighted by atomic mass is 10.1. The van der Waals surface area contributed by atoms with Crippen molar-refractivity contribution < 1.29 is 9.90 Å². The van der Waals surface area contributed by atoms with Crippen LogP contribution in [0.5, 0.6) is 0 Å². The van der Waals surface area contributed by atoms with Gasteiger partial charge in [-0.3, -0.25) is 4.79 Å². The summed E-state index contributed by atoms with van der Waals surface area (Å²) < 4.78 is 0. The molecular weight excluding hydrogens is 190 g/mol. The lowest BCUT2D eigenvalue weighted by molar-refractivity contribution is -0.118. The third-order valence-corrected chi connectivity index (χ3v) is 2.11. The van der Waals surface area contributed by atoms with Crippen molar-refractivity contribution in [1.29, 1.82) is 0 Å². The van der Waals surface area contributed by atoms with Crippen molar-refractivity contribution in [2.24, 2.45) is 5.92 Å². The van der Waals surface area contributed by atoms with E-state index < -0.39 is 6.10 Å². The van der Waals surface area contributed by atoms with Crippen LogP contribution in [0.2, 0.25) is 0 Å². The number of hydrogen-bond donors (Lipinski definition) is 2. The topological polar surface area (TPSA) is 49.3 Å². The molecule has 1 amide bonds. The van der Waals surface area contributed by atoms with Crippen molar-refractivity contribution in [2.45, 2.75) is 46.6 Å². The number of allylic oxidation sites excluding steroid dienone is 1. The van der Waals surface area contributed by atoms with E-state index in [-0.39, 0.29) is 5.91 Å². The predicted molar refractivity (Wildman–Crippen MR) is 62.5 cm³/mol. The van der Waals surface area contributed by atoms with Gasteiger partial charge in [-0.1, -0.05) is 26.8 Å². The van der Waals surface area contributed by atoms with Crippen LogP contribution in [0.1, 0.15) is 40.5 Å². The third-order valence-electron chi connectivity index (χ3n) is 2.11. The van der Waals surface area contributed by atoms with E-state index in [9.17, 15) is 9.90 Å². The van der Waals surface area contributed by atoms with E-state index >= 15 is 0 Å². The van der Waals surface area contributed by atoms with Gasteiger partial charge in [-0.25, -0.2) is 0 Å². The number of hydrogen-bond acceptors (Lipinski definition) is 2. The average Bonchev–Trinajstić information content (AvgIpc) is 2.13. The molecule has 0 aliphatic heterocycles. The summed E-state index contributed by atoms with van der Waals surface area (Å²) in [6, 6.07) is 0. The van der Waals surface area contributed by atoms with Gasteiger partial charge in [0.05, 0.1) is 6.10 Å². The van der Waals surface area contributed by atoms with Gasteiger partial charge in [0, 0.05) is 12.1 Å². The van der Waals surface area contributed by atoms with Crippen LogP contribution in [0.3, 0.4) is 0 Å². The highest BCUT2D eigenvalue weighted by Gasteiger charge is 2.09. The molecule has 3 nitrogen and oxygen atoms in total. The molecule has 0 saturated carbocycles. The molecule has 0 fully saturated rings. The molecule has 0 spiro atoms. The second-order valence-electron chi connectivity index (χ2n) is 4.29. The Bertz CT molecular complexity index is 222. The van der Waals surface area contributed by atoms with E-state index in [1.54, 1.807) is 6.92 Å². The maximum absolute atomic E-state index is 11.4. The zero-order valence-corrected chi connectivity index (χ0v) is 10.2. The summed E-state index contributed by atoms with van der Waals surface area (Å²) in [5.74, 6) is 0.365. The highest BCUT2D eigenvalue weighted by atomic mass is 16.3. The Balaban J connectivity index is 3.85. The van der Waals surface area contributed by atoms with Gasteiger partial charge in [0.25, 0.3) is 0 Å². The molecule has 3 heteroatoms. The quantitative estimate of drug-likeness (QED) is 0.662. The number of rotatable bonds is 6. The highest BCUT2D eigenvalue weighted by Crippen LogP contribution is 2.03. The van der Waals surface area contributed by atoms with Crippen LogP contribution in [0.4, 0.5) is 0 Å². The molecule has 1 atom stereocenters. The van der Waals surface area contributed by atoms with Crippen LogP contribution in [0.25, 0.3) is 0 Å². The van der Waals surface area contributed by atoms with Gasteiger partial charge in [0.2, 0.25) is 5.91 Å². The summed E-state index contributed by atoms with van der Waals surface area (Å²) in [4.78, 5) is 11.4. The predicted octanol–water partition coefficient (Wildman–Crippen LogP) is 1.87. The summed E-state index contributed by atoms with van der Waals surface area (Å²) in [6.07, 6.45) is 3.01. The molecule has 0 saturated heterocycles. The Morgan fingerprint density at radius 2 is 2.07 bits per heavy atom. The lowest BCUT2D eigenvalue weighted by Crippen LogP contribution is -2.33. The van der Waals surface area contributed by atoms with E-state index in [0.717, 1.165) is 12.8 Å². The van der Waals surface area contributed by atoms with Crippen LogP contribution in [0.15, 0.2) is 11.6 Å². The SMILES string of the molecule is CC/C=C(/C)C(=O)NCC(O)CC(C)C. The van der Waals surface area contributed by atoms with Crippen LogP contribution >= 0.6 is 0 Å². The fourth-order valence-electron chi connectivity index (χ4n) is 1.38. The van der Waals surface area contributed by atoms with Gasteiger partial charge in [-0.05, 0) is 25.7 Å². The van der Waals surface area contributed by atoms with Gasteiger partial charge in [0.1, 0.15) is 0 Å². The van der Waals surface area contributed by atoms with Crippen molar-refractivity contribution >= 4 is 5.91 Å². The first-order valence-corrected chi connectivity index (χ1v) is 5.60. The van der Waals surface area contributed by atoms with Gasteiger partial charge in [0.15, 0.2) is 0 Å². The Morgan fingerprint density at radius 1 is 1.47 bits per heavy atom. The Hall–Kier alpha value is -0.830. The number of amides is 1. The largest absolute Gasteiger partial charge is 0.391 e. The van der Waals surface area contributed by atoms with Gasteiger partial charge in [-0.2, -0.15) is 0 Å². The zero-order chi connectivity index (χ0) is 11.8. The monoisotopic (exact) mass is 213 g/mol. The first-order valence-electron chi connectivity index (χ1n) is 5.60. The fraction of sp³-hybridized carbons (Fsp3) is 0.750. The van der Waals surface area contributed by atoms with Crippen molar-refractivity contribution in [1.82, 2.24) is 5.32 Å². The zero-order valence-electron chi connectivity index (χ0n) is 10.2. The van der Waals surface area contributed by atoms with Crippen molar-refractivity contribution in [3.05, 3.63) is 11.6 Å². The Morgan fingerprint density at radius 3 is 2.53 bits per heavy atom. The minimum Gasteiger partial charge on any atom is -0.391 e. The van der Waals surface area contributed by atoms with E-state index in [1.807, 2.05) is 26.8 Å². The first kappa shape index (κ1) is 14.2. The van der Waals surface area contributed by atoms with Gasteiger partial charge < -0.3 is 10.4 Å². The molecule has 0 aliphatic rings. The molecule has 0 radical (unpaired) electrons.